The Morgan fingerprint density at radius 3 is 2.56 bits per heavy atom. The maximum atomic E-state index is 13.5. The minimum Gasteiger partial charge on any atom is -0.449 e. The van der Waals surface area contributed by atoms with E-state index in [-0.39, 0.29) is 5.69 Å². The Balaban J connectivity index is 1.94. The summed E-state index contributed by atoms with van der Waals surface area (Å²) in [6.07, 6.45) is 1.66. The fourth-order valence-electron chi connectivity index (χ4n) is 2.02. The van der Waals surface area contributed by atoms with Crippen LogP contribution in [0.1, 0.15) is 18.1 Å². The van der Waals surface area contributed by atoms with Crippen LogP contribution in [0.15, 0.2) is 48.5 Å². The molecule has 0 aliphatic rings. The predicted molar refractivity (Wildman–Crippen MR) is 90.8 cm³/mol. The van der Waals surface area contributed by atoms with E-state index in [1.807, 2.05) is 31.2 Å². The molecular weight excluding hydrogens is 328 g/mol. The van der Waals surface area contributed by atoms with E-state index in [0.29, 0.717) is 6.07 Å². The molecule has 0 aliphatic heterocycles. The van der Waals surface area contributed by atoms with E-state index in [1.165, 1.54) is 13.0 Å². The van der Waals surface area contributed by atoms with Crippen LogP contribution in [0, 0.1) is 18.6 Å². The molecule has 0 bridgehead atoms. The van der Waals surface area contributed by atoms with E-state index < -0.39 is 29.6 Å². The molecule has 0 saturated carbocycles. The minimum absolute atomic E-state index is 0.190. The highest BCUT2D eigenvalue weighted by molar-refractivity contribution is 5.96. The molecule has 0 radical (unpaired) electrons. The maximum absolute atomic E-state index is 13.5. The predicted octanol–water partition coefficient (Wildman–Crippen LogP) is 3.86. The van der Waals surface area contributed by atoms with Gasteiger partial charge in [-0.1, -0.05) is 24.3 Å². The van der Waals surface area contributed by atoms with Crippen molar-refractivity contribution in [2.24, 2.45) is 0 Å². The number of aryl methyl sites for hydroxylation is 1. The number of amides is 1. The number of hydrogen-bond acceptors (Lipinski definition) is 3. The van der Waals surface area contributed by atoms with Gasteiger partial charge in [-0.2, -0.15) is 0 Å². The molecule has 1 N–H and O–H groups in total. The van der Waals surface area contributed by atoms with Crippen LogP contribution in [-0.2, 0) is 14.3 Å². The van der Waals surface area contributed by atoms with Crippen molar-refractivity contribution in [3.05, 3.63) is 71.3 Å². The first-order valence-electron chi connectivity index (χ1n) is 7.57. The molecule has 0 unspecified atom stereocenters. The molecule has 0 aromatic heterocycles. The Kier molecular flexibility index (Phi) is 6.00. The van der Waals surface area contributed by atoms with Gasteiger partial charge >= 0.3 is 5.97 Å². The summed E-state index contributed by atoms with van der Waals surface area (Å²) in [6, 6.07) is 10.2. The van der Waals surface area contributed by atoms with Gasteiger partial charge in [0, 0.05) is 12.1 Å². The van der Waals surface area contributed by atoms with Crippen LogP contribution < -0.4 is 5.32 Å². The van der Waals surface area contributed by atoms with E-state index in [0.717, 1.165) is 23.3 Å². The first kappa shape index (κ1) is 18.3. The standard InChI is InChI=1S/C19H17F2NO3/c1-12-5-3-4-6-14(12)7-10-18(23)25-13(2)19(24)22-17-9-8-15(20)11-16(17)21/h3-11,13H,1-2H3,(H,22,24)/b10-7+/t13-/m1/s1. The zero-order chi connectivity index (χ0) is 18.4. The third kappa shape index (κ3) is 5.24. The lowest BCUT2D eigenvalue weighted by Crippen LogP contribution is -2.29. The molecule has 0 spiro atoms. The molecule has 2 rings (SSSR count). The topological polar surface area (TPSA) is 55.4 Å². The molecule has 0 heterocycles. The summed E-state index contributed by atoms with van der Waals surface area (Å²) >= 11 is 0. The van der Waals surface area contributed by atoms with Crippen molar-refractivity contribution < 1.29 is 23.1 Å². The minimum atomic E-state index is -1.14. The van der Waals surface area contributed by atoms with Crippen LogP contribution in [0.4, 0.5) is 14.5 Å². The van der Waals surface area contributed by atoms with Crippen LogP contribution in [0.25, 0.3) is 6.08 Å². The third-order valence-corrected chi connectivity index (χ3v) is 3.44. The van der Waals surface area contributed by atoms with E-state index in [2.05, 4.69) is 5.32 Å². The number of rotatable bonds is 5. The lowest BCUT2D eigenvalue weighted by molar-refractivity contribution is -0.148. The van der Waals surface area contributed by atoms with Gasteiger partial charge in [0.15, 0.2) is 6.10 Å². The summed E-state index contributed by atoms with van der Waals surface area (Å²) in [5.74, 6) is -3.09. The van der Waals surface area contributed by atoms with Crippen LogP contribution in [0.2, 0.25) is 0 Å². The Labute approximate surface area is 144 Å². The Morgan fingerprint density at radius 2 is 1.88 bits per heavy atom. The monoisotopic (exact) mass is 345 g/mol. The largest absolute Gasteiger partial charge is 0.449 e. The van der Waals surface area contributed by atoms with Crippen molar-refractivity contribution in [1.29, 1.82) is 0 Å². The number of nitrogens with one attached hydrogen (secondary N) is 1. The summed E-state index contributed by atoms with van der Waals surface area (Å²) in [6.45, 7) is 3.26. The fraction of sp³-hybridized carbons (Fsp3) is 0.158. The van der Waals surface area contributed by atoms with Crippen LogP contribution in [-0.4, -0.2) is 18.0 Å². The number of esters is 1. The van der Waals surface area contributed by atoms with Gasteiger partial charge in [0.25, 0.3) is 5.91 Å². The summed E-state index contributed by atoms with van der Waals surface area (Å²) in [5.41, 5.74) is 1.65. The average molecular weight is 345 g/mol. The molecule has 130 valence electrons. The zero-order valence-corrected chi connectivity index (χ0v) is 13.8. The molecule has 4 nitrogen and oxygen atoms in total. The van der Waals surface area contributed by atoms with E-state index in [4.69, 9.17) is 4.74 Å². The average Bonchev–Trinajstić information content (AvgIpc) is 2.56. The summed E-state index contributed by atoms with van der Waals surface area (Å²) in [5, 5.41) is 2.24. The number of carbonyl (C=O) groups is 2. The van der Waals surface area contributed by atoms with E-state index in [1.54, 1.807) is 6.08 Å². The van der Waals surface area contributed by atoms with Crippen LogP contribution >= 0.6 is 0 Å². The summed E-state index contributed by atoms with van der Waals surface area (Å²) in [7, 11) is 0. The molecular formula is C19H17F2NO3. The number of anilines is 1. The number of ether oxygens (including phenoxy) is 1. The molecule has 1 atom stereocenters. The lowest BCUT2D eigenvalue weighted by atomic mass is 10.1. The van der Waals surface area contributed by atoms with E-state index >= 15 is 0 Å². The zero-order valence-electron chi connectivity index (χ0n) is 13.8. The molecule has 2 aromatic carbocycles. The van der Waals surface area contributed by atoms with Crippen LogP contribution in [0.3, 0.4) is 0 Å². The number of carbonyl (C=O) groups excluding carboxylic acids is 2. The number of halogens is 2. The Morgan fingerprint density at radius 1 is 1.16 bits per heavy atom. The van der Waals surface area contributed by atoms with Gasteiger partial charge in [-0.05, 0) is 43.2 Å². The lowest BCUT2D eigenvalue weighted by Gasteiger charge is -2.12. The first-order valence-corrected chi connectivity index (χ1v) is 7.57. The highest BCUT2D eigenvalue weighted by Gasteiger charge is 2.18. The SMILES string of the molecule is Cc1ccccc1/C=C/C(=O)O[C@H](C)C(=O)Nc1ccc(F)cc1F. The van der Waals surface area contributed by atoms with Gasteiger partial charge in [0.05, 0.1) is 5.69 Å². The van der Waals surface area contributed by atoms with Crippen molar-refractivity contribution in [3.8, 4) is 0 Å². The van der Waals surface area contributed by atoms with Gasteiger partial charge < -0.3 is 10.1 Å². The Hall–Kier alpha value is -3.02. The van der Waals surface area contributed by atoms with Crippen LogP contribution in [0.5, 0.6) is 0 Å². The van der Waals surface area contributed by atoms with Gasteiger partial charge in [-0.3, -0.25) is 4.79 Å². The highest BCUT2D eigenvalue weighted by atomic mass is 19.1. The van der Waals surface area contributed by atoms with Crippen molar-refractivity contribution in [3.63, 3.8) is 0 Å². The van der Waals surface area contributed by atoms with Crippen molar-refractivity contribution in [2.75, 3.05) is 5.32 Å². The molecule has 2 aromatic rings. The molecule has 6 heteroatoms. The van der Waals surface area contributed by atoms with Gasteiger partial charge in [0.1, 0.15) is 11.6 Å². The molecule has 0 fully saturated rings. The molecule has 0 aliphatic carbocycles. The Bertz CT molecular complexity index is 818. The van der Waals surface area contributed by atoms with Gasteiger partial charge in [-0.15, -0.1) is 0 Å². The van der Waals surface area contributed by atoms with Gasteiger partial charge in [-0.25, -0.2) is 13.6 Å². The molecule has 0 saturated heterocycles. The number of benzene rings is 2. The highest BCUT2D eigenvalue weighted by Crippen LogP contribution is 2.15. The summed E-state index contributed by atoms with van der Waals surface area (Å²) < 4.78 is 31.3. The quantitative estimate of drug-likeness (QED) is 0.661. The fourth-order valence-corrected chi connectivity index (χ4v) is 2.02. The second-order valence-corrected chi connectivity index (χ2v) is 5.38. The van der Waals surface area contributed by atoms with Crippen molar-refractivity contribution in [1.82, 2.24) is 0 Å². The summed E-state index contributed by atoms with van der Waals surface area (Å²) in [4.78, 5) is 23.7. The second kappa shape index (κ2) is 8.19. The van der Waals surface area contributed by atoms with Crippen molar-refractivity contribution >= 4 is 23.6 Å². The van der Waals surface area contributed by atoms with Gasteiger partial charge in [0.2, 0.25) is 0 Å². The van der Waals surface area contributed by atoms with Crippen molar-refractivity contribution in [2.45, 2.75) is 20.0 Å². The molecule has 1 amide bonds. The third-order valence-electron chi connectivity index (χ3n) is 3.44. The smallest absolute Gasteiger partial charge is 0.331 e. The first-order chi connectivity index (χ1) is 11.9. The number of hydrogen-bond donors (Lipinski definition) is 1. The normalized spacial score (nSPS) is 12.0. The second-order valence-electron chi connectivity index (χ2n) is 5.38. The van der Waals surface area contributed by atoms with E-state index in [9.17, 15) is 18.4 Å². The molecule has 25 heavy (non-hydrogen) atoms. The maximum Gasteiger partial charge on any atom is 0.331 e.